The molecule has 0 saturated carbocycles. The maximum absolute atomic E-state index is 5.64. The molecule has 3 aromatic rings. The first kappa shape index (κ1) is 8.84. The van der Waals surface area contributed by atoms with Crippen LogP contribution in [0.25, 0.3) is 22.6 Å². The molecule has 0 aliphatic carbocycles. The van der Waals surface area contributed by atoms with Crippen LogP contribution in [0.5, 0.6) is 0 Å². The number of nitrogen functional groups attached to an aromatic ring is 1. The molecule has 7 nitrogen and oxygen atoms in total. The van der Waals surface area contributed by atoms with Crippen LogP contribution in [0.3, 0.4) is 0 Å². The second-order valence-corrected chi connectivity index (χ2v) is 3.47. The Bertz CT molecular complexity index is 651. The number of aromatic nitrogens is 6. The summed E-state index contributed by atoms with van der Waals surface area (Å²) in [5.41, 5.74) is 8.66. The zero-order valence-corrected chi connectivity index (χ0v) is 8.60. The van der Waals surface area contributed by atoms with Crippen molar-refractivity contribution in [2.75, 3.05) is 5.73 Å². The fraction of sp³-hybridized carbons (Fsp3) is 0.111. The van der Waals surface area contributed by atoms with E-state index >= 15 is 0 Å². The lowest BCUT2D eigenvalue weighted by atomic mass is 10.3. The molecule has 0 aliphatic heterocycles. The monoisotopic (exact) mass is 216 g/mol. The number of H-pyrrole nitrogens is 2. The van der Waals surface area contributed by atoms with E-state index in [2.05, 4.69) is 24.9 Å². The highest BCUT2D eigenvalue weighted by Crippen LogP contribution is 2.20. The molecular formula is C9H10N7+. The first-order valence-corrected chi connectivity index (χ1v) is 4.75. The van der Waals surface area contributed by atoms with E-state index in [0.29, 0.717) is 5.65 Å². The summed E-state index contributed by atoms with van der Waals surface area (Å²) >= 11 is 0. The van der Waals surface area contributed by atoms with Crippen LogP contribution < -0.4 is 10.3 Å². The summed E-state index contributed by atoms with van der Waals surface area (Å²) in [5.74, 6) is 0.218. The molecule has 0 amide bonds. The predicted octanol–water partition coefficient (Wildman–Crippen LogP) is -0.245. The van der Waals surface area contributed by atoms with Gasteiger partial charge in [0.05, 0.1) is 13.4 Å². The van der Waals surface area contributed by atoms with Crippen LogP contribution in [-0.4, -0.2) is 24.9 Å². The summed E-state index contributed by atoms with van der Waals surface area (Å²) in [5, 5.41) is 0. The lowest BCUT2D eigenvalue weighted by Gasteiger charge is -1.99. The molecule has 0 bridgehead atoms. The number of rotatable bonds is 1. The topological polar surface area (TPSA) is 100 Å². The second kappa shape index (κ2) is 3.02. The number of aromatic amines is 2. The molecule has 0 spiro atoms. The van der Waals surface area contributed by atoms with Crippen molar-refractivity contribution in [1.29, 1.82) is 0 Å². The summed E-state index contributed by atoms with van der Waals surface area (Å²) in [6, 6.07) is 0. The number of anilines is 1. The molecule has 0 saturated heterocycles. The standard InChI is InChI=1S/C9H9N7/c1-16-4-11-2-5(16)6-7-8(13-3-12-7)15-9(10)14-6/h2-4H,1H3,(H3,10,12,13,14,15)/p+1. The number of nitrogens with two attached hydrogens (primary N) is 1. The molecule has 3 aromatic heterocycles. The van der Waals surface area contributed by atoms with Crippen LogP contribution in [0, 0.1) is 0 Å². The molecule has 0 radical (unpaired) electrons. The van der Waals surface area contributed by atoms with Crippen LogP contribution in [0.2, 0.25) is 0 Å². The number of nitrogens with zero attached hydrogens (tertiary/aromatic N) is 4. The van der Waals surface area contributed by atoms with Gasteiger partial charge in [0.25, 0.3) is 0 Å². The Morgan fingerprint density at radius 2 is 2.25 bits per heavy atom. The van der Waals surface area contributed by atoms with Crippen molar-refractivity contribution in [1.82, 2.24) is 24.9 Å². The van der Waals surface area contributed by atoms with Crippen LogP contribution in [0.15, 0.2) is 18.9 Å². The van der Waals surface area contributed by atoms with E-state index in [4.69, 9.17) is 5.73 Å². The highest BCUT2D eigenvalue weighted by molar-refractivity contribution is 5.85. The fourth-order valence-electron chi connectivity index (χ4n) is 1.67. The molecule has 3 heterocycles. The Kier molecular flexibility index (Phi) is 1.67. The van der Waals surface area contributed by atoms with Crippen molar-refractivity contribution in [3.63, 3.8) is 0 Å². The Labute approximate surface area is 90.4 Å². The van der Waals surface area contributed by atoms with Crippen molar-refractivity contribution in [3.8, 4) is 11.4 Å². The zero-order chi connectivity index (χ0) is 11.1. The summed E-state index contributed by atoms with van der Waals surface area (Å²) in [4.78, 5) is 18.4. The van der Waals surface area contributed by atoms with Gasteiger partial charge in [0.15, 0.2) is 11.3 Å². The third kappa shape index (κ3) is 1.14. The Hall–Kier alpha value is -2.44. The van der Waals surface area contributed by atoms with Gasteiger partial charge in [-0.2, -0.15) is 4.98 Å². The molecule has 0 fully saturated rings. The minimum absolute atomic E-state index is 0.218. The van der Waals surface area contributed by atoms with Gasteiger partial charge in [-0.05, 0) is 0 Å². The van der Waals surface area contributed by atoms with Gasteiger partial charge in [0, 0.05) is 0 Å². The molecule has 80 valence electrons. The first-order valence-electron chi connectivity index (χ1n) is 4.75. The number of hydrogen-bond donors (Lipinski definition) is 3. The number of nitrogens with one attached hydrogen (secondary N) is 2. The van der Waals surface area contributed by atoms with E-state index in [1.54, 1.807) is 6.33 Å². The van der Waals surface area contributed by atoms with Crippen LogP contribution in [-0.2, 0) is 7.05 Å². The van der Waals surface area contributed by atoms with E-state index in [-0.39, 0.29) is 5.95 Å². The predicted molar refractivity (Wildman–Crippen MR) is 57.1 cm³/mol. The normalized spacial score (nSPS) is 11.1. The van der Waals surface area contributed by atoms with E-state index in [0.717, 1.165) is 16.9 Å². The molecule has 3 rings (SSSR count). The molecule has 16 heavy (non-hydrogen) atoms. The van der Waals surface area contributed by atoms with Crippen LogP contribution in [0.1, 0.15) is 0 Å². The van der Waals surface area contributed by atoms with Crippen molar-refractivity contribution in [3.05, 3.63) is 18.9 Å². The summed E-state index contributed by atoms with van der Waals surface area (Å²) < 4.78 is 1.92. The van der Waals surface area contributed by atoms with E-state index in [1.165, 1.54) is 0 Å². The van der Waals surface area contributed by atoms with Gasteiger partial charge >= 0.3 is 0 Å². The second-order valence-electron chi connectivity index (χ2n) is 3.47. The zero-order valence-electron chi connectivity index (χ0n) is 8.60. The first-order chi connectivity index (χ1) is 7.75. The van der Waals surface area contributed by atoms with Gasteiger partial charge in [-0.1, -0.05) is 0 Å². The molecule has 0 atom stereocenters. The minimum atomic E-state index is 0.218. The van der Waals surface area contributed by atoms with Crippen molar-refractivity contribution >= 4 is 17.1 Å². The van der Waals surface area contributed by atoms with E-state index < -0.39 is 0 Å². The highest BCUT2D eigenvalue weighted by atomic mass is 15.1. The van der Waals surface area contributed by atoms with Gasteiger partial charge in [0.1, 0.15) is 17.4 Å². The summed E-state index contributed by atoms with van der Waals surface area (Å²) in [7, 11) is 1.92. The van der Waals surface area contributed by atoms with Crippen LogP contribution in [0.4, 0.5) is 5.95 Å². The number of imidazole rings is 2. The highest BCUT2D eigenvalue weighted by Gasteiger charge is 2.16. The van der Waals surface area contributed by atoms with Crippen LogP contribution >= 0.6 is 0 Å². The van der Waals surface area contributed by atoms with Gasteiger partial charge < -0.3 is 10.7 Å². The van der Waals surface area contributed by atoms with Gasteiger partial charge in [0.2, 0.25) is 12.3 Å². The largest absolute Gasteiger partial charge is 0.368 e. The average molecular weight is 216 g/mol. The summed E-state index contributed by atoms with van der Waals surface area (Å²) in [6.45, 7) is 0. The molecule has 0 unspecified atom stereocenters. The van der Waals surface area contributed by atoms with E-state index in [1.807, 2.05) is 24.1 Å². The number of hydrogen-bond acceptors (Lipinski definition) is 4. The van der Waals surface area contributed by atoms with Gasteiger partial charge in [-0.3, -0.25) is 0 Å². The molecular weight excluding hydrogens is 206 g/mol. The quantitative estimate of drug-likeness (QED) is 0.488. The smallest absolute Gasteiger partial charge is 0.241 e. The fourth-order valence-corrected chi connectivity index (χ4v) is 1.67. The number of fused-ring (bicyclic) bond motifs is 1. The maximum atomic E-state index is 5.64. The van der Waals surface area contributed by atoms with Gasteiger partial charge in [-0.25, -0.2) is 19.5 Å². The van der Waals surface area contributed by atoms with Crippen molar-refractivity contribution in [2.45, 2.75) is 0 Å². The average Bonchev–Trinajstić information content (AvgIpc) is 2.84. The van der Waals surface area contributed by atoms with E-state index in [9.17, 15) is 0 Å². The molecule has 7 heteroatoms. The molecule has 0 aliphatic rings. The minimum Gasteiger partial charge on any atom is -0.368 e. The molecule has 0 aromatic carbocycles. The summed E-state index contributed by atoms with van der Waals surface area (Å²) in [6.07, 6.45) is 5.26. The lowest BCUT2D eigenvalue weighted by molar-refractivity contribution is -0.659. The van der Waals surface area contributed by atoms with Crippen molar-refractivity contribution in [2.24, 2.45) is 7.05 Å². The third-order valence-electron chi connectivity index (χ3n) is 2.41. The lowest BCUT2D eigenvalue weighted by Crippen LogP contribution is -2.27. The Balaban J connectivity index is 2.38. The third-order valence-corrected chi connectivity index (χ3v) is 2.41. The number of aryl methyl sites for hydroxylation is 1. The SMILES string of the molecule is C[n+]1c[nH]cc1-c1nc(N)nc2nc[nH]c12. The van der Waals surface area contributed by atoms with Gasteiger partial charge in [-0.15, -0.1) is 0 Å². The Morgan fingerprint density at radius 1 is 1.38 bits per heavy atom. The van der Waals surface area contributed by atoms with Crippen molar-refractivity contribution < 1.29 is 4.57 Å². The Morgan fingerprint density at radius 3 is 3.00 bits per heavy atom. The molecule has 4 N–H and O–H groups in total. The maximum Gasteiger partial charge on any atom is 0.241 e.